The second-order valence-corrected chi connectivity index (χ2v) is 9.99. The zero-order chi connectivity index (χ0) is 24.5. The molecule has 0 saturated heterocycles. The Morgan fingerprint density at radius 1 is 1.03 bits per heavy atom. The van der Waals surface area contributed by atoms with Crippen molar-refractivity contribution >= 4 is 23.4 Å². The number of para-hydroxylation sites is 1. The van der Waals surface area contributed by atoms with E-state index in [1.165, 1.54) is 0 Å². The molecule has 1 aliphatic heterocycles. The van der Waals surface area contributed by atoms with Gasteiger partial charge in [-0.15, -0.1) is 0 Å². The largest absolute Gasteiger partial charge is 0.491 e. The van der Waals surface area contributed by atoms with E-state index >= 15 is 0 Å². The lowest BCUT2D eigenvalue weighted by Crippen LogP contribution is -2.46. The van der Waals surface area contributed by atoms with Crippen molar-refractivity contribution in [2.75, 3.05) is 26.7 Å². The van der Waals surface area contributed by atoms with Crippen molar-refractivity contribution in [3.63, 3.8) is 0 Å². The van der Waals surface area contributed by atoms with Gasteiger partial charge in [-0.1, -0.05) is 68.6 Å². The van der Waals surface area contributed by atoms with Gasteiger partial charge in [-0.05, 0) is 48.9 Å². The molecule has 184 valence electrons. The lowest BCUT2D eigenvalue weighted by molar-refractivity contribution is -0.134. The molecule has 0 fully saturated rings. The Hall–Kier alpha value is -2.53. The molecule has 0 N–H and O–H groups in total. The highest BCUT2D eigenvalue weighted by molar-refractivity contribution is 6.31. The maximum atomic E-state index is 13.5. The third-order valence-electron chi connectivity index (χ3n) is 6.34. The Balaban J connectivity index is 1.88. The molecule has 0 saturated carbocycles. The number of fused-ring (bicyclic) bond motifs is 1. The Bertz CT molecular complexity index is 962. The van der Waals surface area contributed by atoms with E-state index in [2.05, 4.69) is 13.8 Å². The van der Waals surface area contributed by atoms with E-state index in [1.54, 1.807) is 4.90 Å². The van der Waals surface area contributed by atoms with E-state index < -0.39 is 0 Å². The summed E-state index contributed by atoms with van der Waals surface area (Å²) < 4.78 is 6.25. The third-order valence-corrected chi connectivity index (χ3v) is 6.71. The van der Waals surface area contributed by atoms with Gasteiger partial charge in [0.2, 0.25) is 5.91 Å². The summed E-state index contributed by atoms with van der Waals surface area (Å²) in [6.07, 6.45) is 5.00. The number of nitrogens with zero attached hydrogens (tertiary/aromatic N) is 2. The molecule has 34 heavy (non-hydrogen) atoms. The molecule has 5 nitrogen and oxygen atoms in total. The van der Waals surface area contributed by atoms with Crippen LogP contribution in [0.4, 0.5) is 0 Å². The van der Waals surface area contributed by atoms with Gasteiger partial charge in [0, 0.05) is 25.2 Å². The van der Waals surface area contributed by atoms with Crippen LogP contribution in [0.25, 0.3) is 0 Å². The van der Waals surface area contributed by atoms with Crippen LogP contribution >= 0.6 is 11.6 Å². The molecule has 0 aromatic heterocycles. The van der Waals surface area contributed by atoms with Gasteiger partial charge in [-0.25, -0.2) is 0 Å². The summed E-state index contributed by atoms with van der Waals surface area (Å²) in [6.45, 7) is 6.07. The number of halogens is 1. The maximum Gasteiger partial charge on any atom is 0.257 e. The minimum absolute atomic E-state index is 0.0280. The lowest BCUT2D eigenvalue weighted by atomic mass is 10.0. The number of hydrogen-bond acceptors (Lipinski definition) is 3. The molecule has 0 spiro atoms. The Morgan fingerprint density at radius 2 is 1.71 bits per heavy atom. The smallest absolute Gasteiger partial charge is 0.257 e. The van der Waals surface area contributed by atoms with E-state index in [4.69, 9.17) is 16.3 Å². The number of rotatable bonds is 4. The summed E-state index contributed by atoms with van der Waals surface area (Å²) in [5.74, 6) is 1.01. The molecular formula is C28H37ClN2O3. The van der Waals surface area contributed by atoms with Crippen molar-refractivity contribution in [3.05, 3.63) is 64.7 Å². The minimum atomic E-state index is -0.0844. The van der Waals surface area contributed by atoms with Crippen molar-refractivity contribution in [2.45, 2.75) is 58.4 Å². The zero-order valence-electron chi connectivity index (χ0n) is 20.6. The molecule has 1 heterocycles. The van der Waals surface area contributed by atoms with Crippen molar-refractivity contribution in [1.29, 1.82) is 0 Å². The van der Waals surface area contributed by atoms with Gasteiger partial charge in [-0.2, -0.15) is 0 Å². The van der Waals surface area contributed by atoms with Gasteiger partial charge < -0.3 is 14.5 Å². The lowest BCUT2D eigenvalue weighted by Gasteiger charge is -2.34. The van der Waals surface area contributed by atoms with Gasteiger partial charge in [0.05, 0.1) is 18.0 Å². The van der Waals surface area contributed by atoms with Gasteiger partial charge in [-0.3, -0.25) is 9.59 Å². The molecule has 2 aromatic rings. The minimum Gasteiger partial charge on any atom is -0.491 e. The quantitative estimate of drug-likeness (QED) is 0.546. The Kier molecular flexibility index (Phi) is 9.82. The standard InChI is InChI=1S/C28H37ClN2O3/c1-21(2)18-23-20-34-26-15-9-7-13-24(26)28(33)30(3)16-10-4-5-11-17-31(23)27(32)19-22-12-6-8-14-25(22)29/h6-9,12-15,21,23H,4-5,10-11,16-20H2,1-3H3/t23-/m0/s1. The monoisotopic (exact) mass is 484 g/mol. The summed E-state index contributed by atoms with van der Waals surface area (Å²) in [5.41, 5.74) is 1.41. The first-order chi connectivity index (χ1) is 16.4. The van der Waals surface area contributed by atoms with E-state index in [1.807, 2.05) is 60.5 Å². The number of hydrogen-bond donors (Lipinski definition) is 0. The van der Waals surface area contributed by atoms with E-state index in [-0.39, 0.29) is 24.3 Å². The molecule has 1 aliphatic rings. The summed E-state index contributed by atoms with van der Waals surface area (Å²) in [5, 5.41) is 0.617. The number of carbonyl (C=O) groups excluding carboxylic acids is 2. The van der Waals surface area contributed by atoms with Crippen LogP contribution in [0.5, 0.6) is 5.75 Å². The highest BCUT2D eigenvalue weighted by Crippen LogP contribution is 2.24. The van der Waals surface area contributed by atoms with E-state index in [0.717, 1.165) is 37.7 Å². The van der Waals surface area contributed by atoms with Crippen molar-refractivity contribution in [2.24, 2.45) is 5.92 Å². The molecule has 3 rings (SSSR count). The number of carbonyl (C=O) groups is 2. The van der Waals surface area contributed by atoms with Gasteiger partial charge in [0.1, 0.15) is 12.4 Å². The fourth-order valence-electron chi connectivity index (χ4n) is 4.49. The summed E-state index contributed by atoms with van der Waals surface area (Å²) in [6, 6.07) is 14.9. The molecular weight excluding hydrogens is 448 g/mol. The SMILES string of the molecule is CC(C)C[C@H]1COc2ccccc2C(=O)N(C)CCCCCCN1C(=O)Cc1ccccc1Cl. The first-order valence-corrected chi connectivity index (χ1v) is 12.7. The number of benzene rings is 2. The fraction of sp³-hybridized carbons (Fsp3) is 0.500. The number of ether oxygens (including phenoxy) is 1. The second-order valence-electron chi connectivity index (χ2n) is 9.59. The van der Waals surface area contributed by atoms with Crippen molar-refractivity contribution in [1.82, 2.24) is 9.80 Å². The Morgan fingerprint density at radius 3 is 2.44 bits per heavy atom. The highest BCUT2D eigenvalue weighted by Gasteiger charge is 2.27. The maximum absolute atomic E-state index is 13.5. The summed E-state index contributed by atoms with van der Waals surface area (Å²) in [7, 11) is 1.85. The molecule has 2 amide bonds. The molecule has 0 bridgehead atoms. The molecule has 2 aromatic carbocycles. The van der Waals surface area contributed by atoms with Crippen LogP contribution in [0.2, 0.25) is 5.02 Å². The van der Waals surface area contributed by atoms with Gasteiger partial charge >= 0.3 is 0 Å². The van der Waals surface area contributed by atoms with Crippen LogP contribution < -0.4 is 4.74 Å². The van der Waals surface area contributed by atoms with E-state index in [9.17, 15) is 9.59 Å². The average molecular weight is 485 g/mol. The number of amides is 2. The predicted octanol–water partition coefficient (Wildman–Crippen LogP) is 5.85. The topological polar surface area (TPSA) is 49.9 Å². The second kappa shape index (κ2) is 12.8. The first-order valence-electron chi connectivity index (χ1n) is 12.4. The van der Waals surface area contributed by atoms with E-state index in [0.29, 0.717) is 41.9 Å². The van der Waals surface area contributed by atoms with Crippen LogP contribution in [0.1, 0.15) is 61.9 Å². The fourth-order valence-corrected chi connectivity index (χ4v) is 4.70. The average Bonchev–Trinajstić information content (AvgIpc) is 2.81. The third kappa shape index (κ3) is 7.23. The zero-order valence-corrected chi connectivity index (χ0v) is 21.4. The molecule has 6 heteroatoms. The molecule has 0 unspecified atom stereocenters. The van der Waals surface area contributed by atoms with Gasteiger partial charge in [0.15, 0.2) is 0 Å². The predicted molar refractivity (Wildman–Crippen MR) is 137 cm³/mol. The molecule has 1 atom stereocenters. The summed E-state index contributed by atoms with van der Waals surface area (Å²) in [4.78, 5) is 30.4. The summed E-state index contributed by atoms with van der Waals surface area (Å²) >= 11 is 6.36. The van der Waals surface area contributed by atoms with Crippen LogP contribution in [-0.2, 0) is 11.2 Å². The van der Waals surface area contributed by atoms with Crippen LogP contribution in [-0.4, -0.2) is 54.4 Å². The van der Waals surface area contributed by atoms with Crippen molar-refractivity contribution in [3.8, 4) is 5.75 Å². The first kappa shape index (κ1) is 26.1. The molecule has 0 radical (unpaired) electrons. The van der Waals surface area contributed by atoms with Crippen LogP contribution in [0.15, 0.2) is 48.5 Å². The molecule has 0 aliphatic carbocycles. The van der Waals surface area contributed by atoms with Gasteiger partial charge in [0.25, 0.3) is 5.91 Å². The van der Waals surface area contributed by atoms with Crippen LogP contribution in [0, 0.1) is 5.92 Å². The Labute approximate surface area is 209 Å². The van der Waals surface area contributed by atoms with Crippen molar-refractivity contribution < 1.29 is 14.3 Å². The normalized spacial score (nSPS) is 18.3. The van der Waals surface area contributed by atoms with Crippen LogP contribution in [0.3, 0.4) is 0 Å². The highest BCUT2D eigenvalue weighted by atomic mass is 35.5.